The van der Waals surface area contributed by atoms with Crippen LogP contribution in [0.5, 0.6) is 0 Å². The molecule has 1 aliphatic rings. The predicted octanol–water partition coefficient (Wildman–Crippen LogP) is 2.39. The second kappa shape index (κ2) is 7.05. The van der Waals surface area contributed by atoms with Crippen LogP contribution in [0.25, 0.3) is 0 Å². The first-order valence-corrected chi connectivity index (χ1v) is 9.36. The van der Waals surface area contributed by atoms with Crippen molar-refractivity contribution in [3.63, 3.8) is 0 Å². The number of hydrogen-bond donors (Lipinski definition) is 2. The van der Waals surface area contributed by atoms with Crippen LogP contribution in [0.15, 0.2) is 53.4 Å². The summed E-state index contributed by atoms with van der Waals surface area (Å²) in [6.07, 6.45) is 1.89. The molecule has 1 aliphatic carbocycles. The number of sulfonamides is 1. The molecule has 128 valence electrons. The molecule has 2 aromatic rings. The highest BCUT2D eigenvalue weighted by Gasteiger charge is 2.29. The molecule has 0 spiro atoms. The van der Waals surface area contributed by atoms with Crippen molar-refractivity contribution in [3.05, 3.63) is 59.7 Å². The summed E-state index contributed by atoms with van der Waals surface area (Å²) in [5.74, 6) is 0.168. The SMILES string of the molecule is N#Cc1cccc(S(=O)(=O)NCc2ccc(NC(=O)C3CC3)cc2)c1. The van der Waals surface area contributed by atoms with Gasteiger partial charge in [-0.15, -0.1) is 0 Å². The van der Waals surface area contributed by atoms with Crippen molar-refractivity contribution in [3.8, 4) is 6.07 Å². The van der Waals surface area contributed by atoms with Gasteiger partial charge in [0.1, 0.15) is 0 Å². The summed E-state index contributed by atoms with van der Waals surface area (Å²) in [5, 5.41) is 11.7. The first-order valence-electron chi connectivity index (χ1n) is 7.87. The molecule has 0 aromatic heterocycles. The molecule has 7 heteroatoms. The first kappa shape index (κ1) is 17.1. The van der Waals surface area contributed by atoms with Gasteiger partial charge in [-0.25, -0.2) is 13.1 Å². The normalized spacial score (nSPS) is 13.9. The third-order valence-corrected chi connectivity index (χ3v) is 5.31. The number of benzene rings is 2. The highest BCUT2D eigenvalue weighted by Crippen LogP contribution is 2.30. The monoisotopic (exact) mass is 355 g/mol. The van der Waals surface area contributed by atoms with Gasteiger partial charge in [-0.3, -0.25) is 4.79 Å². The van der Waals surface area contributed by atoms with Crippen LogP contribution < -0.4 is 10.0 Å². The zero-order valence-corrected chi connectivity index (χ0v) is 14.2. The smallest absolute Gasteiger partial charge is 0.240 e. The van der Waals surface area contributed by atoms with Crippen molar-refractivity contribution in [2.45, 2.75) is 24.3 Å². The quantitative estimate of drug-likeness (QED) is 0.831. The number of rotatable bonds is 6. The van der Waals surface area contributed by atoms with E-state index in [1.807, 2.05) is 6.07 Å². The molecule has 0 unspecified atom stereocenters. The Bertz CT molecular complexity index is 927. The Kier molecular flexibility index (Phi) is 4.83. The number of anilines is 1. The Labute approximate surface area is 146 Å². The highest BCUT2D eigenvalue weighted by atomic mass is 32.2. The minimum absolute atomic E-state index is 0.0332. The van der Waals surface area contributed by atoms with Crippen LogP contribution in [0, 0.1) is 17.2 Å². The van der Waals surface area contributed by atoms with Gasteiger partial charge < -0.3 is 5.32 Å². The Morgan fingerprint density at radius 1 is 1.16 bits per heavy atom. The van der Waals surface area contributed by atoms with Gasteiger partial charge in [0.2, 0.25) is 15.9 Å². The molecular weight excluding hydrogens is 338 g/mol. The Morgan fingerprint density at radius 2 is 1.88 bits per heavy atom. The van der Waals surface area contributed by atoms with Crippen molar-refractivity contribution in [1.29, 1.82) is 5.26 Å². The third-order valence-electron chi connectivity index (χ3n) is 3.91. The van der Waals surface area contributed by atoms with Gasteiger partial charge in [-0.1, -0.05) is 18.2 Å². The summed E-state index contributed by atoms with van der Waals surface area (Å²) in [4.78, 5) is 11.8. The van der Waals surface area contributed by atoms with Crippen LogP contribution in [0.4, 0.5) is 5.69 Å². The van der Waals surface area contributed by atoms with Crippen LogP contribution in [0.1, 0.15) is 24.0 Å². The van der Waals surface area contributed by atoms with E-state index < -0.39 is 10.0 Å². The van der Waals surface area contributed by atoms with E-state index in [9.17, 15) is 13.2 Å². The van der Waals surface area contributed by atoms with Crippen molar-refractivity contribution >= 4 is 21.6 Å². The lowest BCUT2D eigenvalue weighted by atomic mass is 10.2. The average molecular weight is 355 g/mol. The molecule has 0 bridgehead atoms. The molecule has 0 saturated heterocycles. The third kappa shape index (κ3) is 4.44. The van der Waals surface area contributed by atoms with Crippen LogP contribution in [0.3, 0.4) is 0 Å². The van der Waals surface area contributed by atoms with Gasteiger partial charge >= 0.3 is 0 Å². The standard InChI is InChI=1S/C18H17N3O3S/c19-11-14-2-1-3-17(10-14)25(23,24)20-12-13-4-8-16(9-5-13)21-18(22)15-6-7-15/h1-5,8-10,15,20H,6-7,12H2,(H,21,22). The Morgan fingerprint density at radius 3 is 2.52 bits per heavy atom. The molecule has 2 N–H and O–H groups in total. The second-order valence-electron chi connectivity index (χ2n) is 5.92. The molecule has 2 aromatic carbocycles. The summed E-state index contributed by atoms with van der Waals surface area (Å²) in [5.41, 5.74) is 1.76. The number of hydrogen-bond acceptors (Lipinski definition) is 4. The Balaban J connectivity index is 1.62. The number of carbonyl (C=O) groups is 1. The number of amides is 1. The molecule has 1 amide bonds. The highest BCUT2D eigenvalue weighted by molar-refractivity contribution is 7.89. The van der Waals surface area contributed by atoms with Crippen molar-refractivity contribution in [2.24, 2.45) is 5.92 Å². The topological polar surface area (TPSA) is 99.1 Å². The largest absolute Gasteiger partial charge is 0.326 e. The maximum Gasteiger partial charge on any atom is 0.240 e. The molecule has 0 heterocycles. The fraction of sp³-hybridized carbons (Fsp3) is 0.222. The molecule has 0 aliphatic heterocycles. The van der Waals surface area contributed by atoms with Gasteiger partial charge in [0.25, 0.3) is 0 Å². The fourth-order valence-electron chi connectivity index (χ4n) is 2.29. The van der Waals surface area contributed by atoms with Gasteiger partial charge in [-0.2, -0.15) is 5.26 Å². The second-order valence-corrected chi connectivity index (χ2v) is 7.69. The van der Waals surface area contributed by atoms with E-state index in [0.717, 1.165) is 18.4 Å². The number of carbonyl (C=O) groups excluding carboxylic acids is 1. The molecule has 0 atom stereocenters. The van der Waals surface area contributed by atoms with Crippen LogP contribution in [-0.4, -0.2) is 14.3 Å². The number of nitriles is 1. The van der Waals surface area contributed by atoms with Crippen molar-refractivity contribution in [1.82, 2.24) is 4.72 Å². The van der Waals surface area contributed by atoms with E-state index >= 15 is 0 Å². The average Bonchev–Trinajstić information content (AvgIpc) is 3.46. The van der Waals surface area contributed by atoms with Crippen LogP contribution in [-0.2, 0) is 21.4 Å². The van der Waals surface area contributed by atoms with Gasteiger partial charge in [-0.05, 0) is 48.7 Å². The van der Waals surface area contributed by atoms with E-state index in [4.69, 9.17) is 5.26 Å². The summed E-state index contributed by atoms with van der Waals surface area (Å²) in [6.45, 7) is 0.121. The maximum atomic E-state index is 12.3. The zero-order chi connectivity index (χ0) is 17.9. The lowest BCUT2D eigenvalue weighted by molar-refractivity contribution is -0.117. The summed E-state index contributed by atoms with van der Waals surface area (Å²) >= 11 is 0. The van der Waals surface area contributed by atoms with E-state index in [-0.39, 0.29) is 23.3 Å². The Hall–Kier alpha value is -2.69. The maximum absolute atomic E-state index is 12.3. The van der Waals surface area contributed by atoms with Gasteiger partial charge in [0, 0.05) is 18.2 Å². The minimum Gasteiger partial charge on any atom is -0.326 e. The molecule has 0 radical (unpaired) electrons. The minimum atomic E-state index is -3.69. The van der Waals surface area contributed by atoms with E-state index in [1.54, 1.807) is 30.3 Å². The molecule has 1 saturated carbocycles. The number of nitrogens with one attached hydrogen (secondary N) is 2. The lowest BCUT2D eigenvalue weighted by Crippen LogP contribution is -2.23. The summed E-state index contributed by atoms with van der Waals surface area (Å²) in [6, 6.07) is 14.8. The molecule has 6 nitrogen and oxygen atoms in total. The fourth-order valence-corrected chi connectivity index (χ4v) is 3.35. The molecule has 25 heavy (non-hydrogen) atoms. The first-order chi connectivity index (χ1) is 12.0. The van der Waals surface area contributed by atoms with Gasteiger partial charge in [0.15, 0.2) is 0 Å². The van der Waals surface area contributed by atoms with Crippen molar-refractivity contribution in [2.75, 3.05) is 5.32 Å². The zero-order valence-electron chi connectivity index (χ0n) is 13.4. The molecule has 3 rings (SSSR count). The van der Waals surface area contributed by atoms with Crippen LogP contribution >= 0.6 is 0 Å². The summed E-state index contributed by atoms with van der Waals surface area (Å²) < 4.78 is 27.1. The summed E-state index contributed by atoms with van der Waals surface area (Å²) in [7, 11) is -3.69. The molecular formula is C18H17N3O3S. The number of nitrogens with zero attached hydrogens (tertiary/aromatic N) is 1. The lowest BCUT2D eigenvalue weighted by Gasteiger charge is -2.08. The van der Waals surface area contributed by atoms with E-state index in [1.165, 1.54) is 18.2 Å². The van der Waals surface area contributed by atoms with Crippen molar-refractivity contribution < 1.29 is 13.2 Å². The van der Waals surface area contributed by atoms with E-state index in [0.29, 0.717) is 11.3 Å². The van der Waals surface area contributed by atoms with E-state index in [2.05, 4.69) is 10.0 Å². The molecule has 1 fully saturated rings. The predicted molar refractivity (Wildman–Crippen MR) is 93.0 cm³/mol. The van der Waals surface area contributed by atoms with Crippen LogP contribution in [0.2, 0.25) is 0 Å². The van der Waals surface area contributed by atoms with Gasteiger partial charge in [0.05, 0.1) is 16.5 Å².